The van der Waals surface area contributed by atoms with Gasteiger partial charge in [-0.25, -0.2) is 0 Å². The largest absolute Gasteiger partial charge is 0.331 e. The Hall–Kier alpha value is -0.120. The molecule has 1 rings (SSSR count). The molecule has 3 heteroatoms. The minimum absolute atomic E-state index is 0.853. The average molecular weight is 258 g/mol. The lowest BCUT2D eigenvalue weighted by molar-refractivity contribution is -0.870. The lowest BCUT2D eigenvalue weighted by Gasteiger charge is -2.32. The number of piperidine rings is 1. The zero-order chi connectivity index (χ0) is 14.0. The second-order valence-electron chi connectivity index (χ2n) is 6.22. The predicted molar refractivity (Wildman–Crippen MR) is 82.0 cm³/mol. The Balaban J connectivity index is 0.000000360. The van der Waals surface area contributed by atoms with E-state index in [1.807, 2.05) is 0 Å². The van der Waals surface area contributed by atoms with Crippen molar-refractivity contribution in [1.82, 2.24) is 10.2 Å². The first kappa shape index (κ1) is 17.9. The summed E-state index contributed by atoms with van der Waals surface area (Å²) in [6, 6.07) is 0.853. The van der Waals surface area contributed by atoms with E-state index in [1.54, 1.807) is 0 Å². The molecule has 1 saturated heterocycles. The molecule has 110 valence electrons. The Morgan fingerprint density at radius 2 is 1.50 bits per heavy atom. The van der Waals surface area contributed by atoms with Gasteiger partial charge >= 0.3 is 0 Å². The van der Waals surface area contributed by atoms with E-state index >= 15 is 0 Å². The van der Waals surface area contributed by atoms with E-state index in [4.69, 9.17) is 0 Å². The number of hydrogen-bond donors (Lipinski definition) is 1. The summed E-state index contributed by atoms with van der Waals surface area (Å²) in [7, 11) is 6.64. The predicted octanol–water partition coefficient (Wildman–Crippen LogP) is 2.18. The molecule has 18 heavy (non-hydrogen) atoms. The summed E-state index contributed by atoms with van der Waals surface area (Å²) in [5, 5.41) is 3.39. The quantitative estimate of drug-likeness (QED) is 0.761. The number of hydrogen-bond acceptors (Lipinski definition) is 2. The molecular weight excluding hydrogens is 222 g/mol. The first-order valence-electron chi connectivity index (χ1n) is 7.69. The summed E-state index contributed by atoms with van der Waals surface area (Å²) in [4.78, 5) is 2.57. The van der Waals surface area contributed by atoms with Crippen LogP contribution in [0.25, 0.3) is 0 Å². The monoisotopic (exact) mass is 258 g/mol. The zero-order valence-corrected chi connectivity index (χ0v) is 13.6. The SMILES string of the molecule is CCC[N+](C)(C)C.CCN(CC)C1CCNCC1. The molecule has 0 atom stereocenters. The van der Waals surface area contributed by atoms with Gasteiger partial charge in [0, 0.05) is 6.04 Å². The summed E-state index contributed by atoms with van der Waals surface area (Å²) >= 11 is 0. The maximum atomic E-state index is 3.39. The second-order valence-corrected chi connectivity index (χ2v) is 6.22. The van der Waals surface area contributed by atoms with E-state index < -0.39 is 0 Å². The minimum Gasteiger partial charge on any atom is -0.331 e. The van der Waals surface area contributed by atoms with Crippen molar-refractivity contribution in [2.45, 2.75) is 46.1 Å². The van der Waals surface area contributed by atoms with Crippen LogP contribution in [0, 0.1) is 0 Å². The fourth-order valence-electron chi connectivity index (χ4n) is 2.58. The summed E-state index contributed by atoms with van der Waals surface area (Å²) in [5.74, 6) is 0. The van der Waals surface area contributed by atoms with Crippen LogP contribution in [0.5, 0.6) is 0 Å². The number of nitrogens with one attached hydrogen (secondary N) is 1. The Morgan fingerprint density at radius 1 is 1.00 bits per heavy atom. The number of rotatable bonds is 5. The van der Waals surface area contributed by atoms with Crippen LogP contribution in [-0.2, 0) is 0 Å². The molecule has 0 aliphatic carbocycles. The summed E-state index contributed by atoms with van der Waals surface area (Å²) in [5.41, 5.74) is 0. The molecule has 0 spiro atoms. The third kappa shape index (κ3) is 8.90. The fraction of sp³-hybridized carbons (Fsp3) is 1.00. The molecule has 3 nitrogen and oxygen atoms in total. The van der Waals surface area contributed by atoms with Crippen LogP contribution < -0.4 is 5.32 Å². The highest BCUT2D eigenvalue weighted by atomic mass is 15.3. The topological polar surface area (TPSA) is 15.3 Å². The molecular formula is C15H36N3+. The van der Waals surface area contributed by atoms with E-state index in [0.29, 0.717) is 0 Å². The number of quaternary nitrogens is 1. The van der Waals surface area contributed by atoms with Crippen LogP contribution in [0.15, 0.2) is 0 Å². The van der Waals surface area contributed by atoms with E-state index in [1.165, 1.54) is 52.0 Å². The van der Waals surface area contributed by atoms with Crippen LogP contribution in [-0.4, -0.2) is 69.3 Å². The first-order valence-corrected chi connectivity index (χ1v) is 7.69. The maximum absolute atomic E-state index is 3.39. The maximum Gasteiger partial charge on any atom is 0.0777 e. The van der Waals surface area contributed by atoms with Gasteiger partial charge in [0.15, 0.2) is 0 Å². The lowest BCUT2D eigenvalue weighted by Crippen LogP contribution is -2.42. The molecule has 0 saturated carbocycles. The highest BCUT2D eigenvalue weighted by molar-refractivity contribution is 4.76. The molecule has 0 aromatic carbocycles. The molecule has 1 aliphatic rings. The molecule has 1 N–H and O–H groups in total. The first-order chi connectivity index (χ1) is 8.44. The molecule has 0 amide bonds. The van der Waals surface area contributed by atoms with E-state index in [-0.39, 0.29) is 0 Å². The highest BCUT2D eigenvalue weighted by Gasteiger charge is 2.17. The Morgan fingerprint density at radius 3 is 1.78 bits per heavy atom. The third-order valence-electron chi connectivity index (χ3n) is 3.53. The van der Waals surface area contributed by atoms with Crippen LogP contribution in [0.1, 0.15) is 40.0 Å². The van der Waals surface area contributed by atoms with Gasteiger partial charge in [0.25, 0.3) is 0 Å². The summed E-state index contributed by atoms with van der Waals surface area (Å²) in [6.45, 7) is 12.8. The van der Waals surface area contributed by atoms with Gasteiger partial charge in [0.1, 0.15) is 0 Å². The zero-order valence-electron chi connectivity index (χ0n) is 13.6. The van der Waals surface area contributed by atoms with Crippen LogP contribution in [0.3, 0.4) is 0 Å². The molecule has 1 aliphatic heterocycles. The molecule has 1 fully saturated rings. The molecule has 0 aromatic rings. The van der Waals surface area contributed by atoms with Gasteiger partial charge < -0.3 is 14.7 Å². The second kappa shape index (κ2) is 9.76. The summed E-state index contributed by atoms with van der Waals surface area (Å²) < 4.78 is 1.09. The van der Waals surface area contributed by atoms with Crippen molar-refractivity contribution >= 4 is 0 Å². The van der Waals surface area contributed by atoms with Crippen molar-refractivity contribution < 1.29 is 4.48 Å². The third-order valence-corrected chi connectivity index (χ3v) is 3.53. The van der Waals surface area contributed by atoms with Crippen LogP contribution >= 0.6 is 0 Å². The normalized spacial score (nSPS) is 17.5. The fourth-order valence-corrected chi connectivity index (χ4v) is 2.58. The van der Waals surface area contributed by atoms with Gasteiger partial charge in [-0.1, -0.05) is 20.8 Å². The highest BCUT2D eigenvalue weighted by Crippen LogP contribution is 2.10. The standard InChI is InChI=1S/C9H20N2.C6H16N/c1-3-11(4-2)9-5-7-10-8-6-9;1-5-6-7(2,3)4/h9-10H,3-8H2,1-2H3;5-6H2,1-4H3/q;+1. The Labute approximate surface area is 115 Å². The Bertz CT molecular complexity index is 177. The summed E-state index contributed by atoms with van der Waals surface area (Å²) in [6.07, 6.45) is 3.95. The van der Waals surface area contributed by atoms with Crippen molar-refractivity contribution in [3.05, 3.63) is 0 Å². The van der Waals surface area contributed by atoms with Crippen LogP contribution in [0.2, 0.25) is 0 Å². The van der Waals surface area contributed by atoms with Gasteiger partial charge in [-0.3, -0.25) is 0 Å². The van der Waals surface area contributed by atoms with Crippen molar-refractivity contribution in [3.8, 4) is 0 Å². The van der Waals surface area contributed by atoms with Gasteiger partial charge in [-0.15, -0.1) is 0 Å². The van der Waals surface area contributed by atoms with E-state index in [0.717, 1.165) is 10.5 Å². The van der Waals surface area contributed by atoms with Gasteiger partial charge in [0.2, 0.25) is 0 Å². The van der Waals surface area contributed by atoms with Gasteiger partial charge in [-0.2, -0.15) is 0 Å². The minimum atomic E-state index is 0.853. The van der Waals surface area contributed by atoms with Gasteiger partial charge in [0.05, 0.1) is 27.7 Å². The molecule has 1 heterocycles. The Kier molecular flexibility index (Phi) is 9.70. The average Bonchev–Trinajstić information content (AvgIpc) is 2.31. The van der Waals surface area contributed by atoms with Crippen molar-refractivity contribution in [2.24, 2.45) is 0 Å². The molecule has 0 aromatic heterocycles. The van der Waals surface area contributed by atoms with Crippen molar-refractivity contribution in [1.29, 1.82) is 0 Å². The molecule has 0 unspecified atom stereocenters. The van der Waals surface area contributed by atoms with Crippen molar-refractivity contribution in [3.63, 3.8) is 0 Å². The van der Waals surface area contributed by atoms with Crippen LogP contribution in [0.4, 0.5) is 0 Å². The smallest absolute Gasteiger partial charge is 0.0777 e. The lowest BCUT2D eigenvalue weighted by atomic mass is 10.1. The molecule has 0 radical (unpaired) electrons. The van der Waals surface area contributed by atoms with Crippen molar-refractivity contribution in [2.75, 3.05) is 53.9 Å². The van der Waals surface area contributed by atoms with Gasteiger partial charge in [-0.05, 0) is 45.4 Å². The van der Waals surface area contributed by atoms with E-state index in [2.05, 4.69) is 52.1 Å². The number of nitrogens with zero attached hydrogens (tertiary/aromatic N) is 2. The molecule has 0 bridgehead atoms. The van der Waals surface area contributed by atoms with E-state index in [9.17, 15) is 0 Å².